The molecule has 3 rings (SSSR count). The van der Waals surface area contributed by atoms with Gasteiger partial charge in [0.15, 0.2) is 5.65 Å². The molecule has 0 aliphatic carbocycles. The average molecular weight is 345 g/mol. The van der Waals surface area contributed by atoms with Crippen molar-refractivity contribution in [2.75, 3.05) is 11.9 Å². The number of nitrogens with one attached hydrogen (secondary N) is 2. The highest BCUT2D eigenvalue weighted by molar-refractivity contribution is 5.99. The maximum Gasteiger partial charge on any atom is 0.256 e. The Morgan fingerprint density at radius 2 is 2.28 bits per heavy atom. The minimum atomic E-state index is -1.28. The summed E-state index contributed by atoms with van der Waals surface area (Å²) in [5, 5.41) is 20.6. The number of anilines is 1. The van der Waals surface area contributed by atoms with Gasteiger partial charge in [-0.15, -0.1) is 0 Å². The van der Waals surface area contributed by atoms with Gasteiger partial charge in [0.05, 0.1) is 17.3 Å². The molecule has 1 amide bonds. The first kappa shape index (κ1) is 17.1. The molecule has 0 spiro atoms. The molecule has 2 bridgehead atoms. The van der Waals surface area contributed by atoms with Gasteiger partial charge < -0.3 is 15.7 Å². The zero-order chi connectivity index (χ0) is 18.2. The van der Waals surface area contributed by atoms with Gasteiger partial charge in [0.2, 0.25) is 0 Å². The number of β-amino-alcohol motifs (C(OH)–C–C–N with tert-alkyl or cyclic N) is 1. The van der Waals surface area contributed by atoms with E-state index in [1.807, 2.05) is 0 Å². The van der Waals surface area contributed by atoms with Gasteiger partial charge in [-0.05, 0) is 32.1 Å². The monoisotopic (exact) mass is 345 g/mol. The van der Waals surface area contributed by atoms with Crippen molar-refractivity contribution in [1.82, 2.24) is 19.9 Å². The minimum absolute atomic E-state index is 0.0000333. The molecular formula is C17H20FN5O2. The average Bonchev–Trinajstić information content (AvgIpc) is 2.94. The molecule has 3 N–H and O–H groups in total. The summed E-state index contributed by atoms with van der Waals surface area (Å²) >= 11 is 0. The molecule has 7 nitrogen and oxygen atoms in total. The van der Waals surface area contributed by atoms with Crippen LogP contribution in [0.25, 0.3) is 5.65 Å². The summed E-state index contributed by atoms with van der Waals surface area (Å²) in [5.41, 5.74) is -1.56. The van der Waals surface area contributed by atoms with Gasteiger partial charge in [0, 0.05) is 19.2 Å². The summed E-state index contributed by atoms with van der Waals surface area (Å²) < 4.78 is 15.4. The fourth-order valence-electron chi connectivity index (χ4n) is 3.11. The van der Waals surface area contributed by atoms with E-state index in [9.17, 15) is 14.3 Å². The number of amides is 1. The predicted molar refractivity (Wildman–Crippen MR) is 92.0 cm³/mol. The highest BCUT2D eigenvalue weighted by Gasteiger charge is 2.35. The third kappa shape index (κ3) is 3.53. The molecule has 8 heteroatoms. The Morgan fingerprint density at radius 1 is 1.52 bits per heavy atom. The zero-order valence-electron chi connectivity index (χ0n) is 14.1. The summed E-state index contributed by atoms with van der Waals surface area (Å²) in [6.45, 7) is 6.75. The van der Waals surface area contributed by atoms with Crippen LogP contribution in [0, 0.1) is 0 Å². The zero-order valence-corrected chi connectivity index (χ0v) is 14.1. The van der Waals surface area contributed by atoms with E-state index in [2.05, 4.69) is 27.3 Å². The molecule has 0 saturated heterocycles. The highest BCUT2D eigenvalue weighted by Crippen LogP contribution is 2.28. The molecule has 2 aromatic heterocycles. The van der Waals surface area contributed by atoms with Crippen molar-refractivity contribution in [2.45, 2.75) is 31.4 Å². The summed E-state index contributed by atoms with van der Waals surface area (Å²) in [7, 11) is 0. The first-order chi connectivity index (χ1) is 11.7. The standard InChI is InChI=1S/C17H20FN5O2/c1-4-11(18)7-16(2)9-17(3,25)10-19-15(24)12-8-20-23-6-5-13(22-16)21-14(12)23/h4-8,25H,1,9-10H2,2-3H3,(H,19,24)(H,21,22)/b11-7+/t16?,17-/m1/s1. The molecule has 0 fully saturated rings. The molecule has 1 aliphatic rings. The summed E-state index contributed by atoms with van der Waals surface area (Å²) in [4.78, 5) is 16.8. The highest BCUT2D eigenvalue weighted by atomic mass is 19.1. The number of hydrogen-bond donors (Lipinski definition) is 3. The molecule has 25 heavy (non-hydrogen) atoms. The molecule has 1 unspecified atom stereocenters. The summed E-state index contributed by atoms with van der Waals surface area (Å²) in [6.07, 6.45) is 5.66. The van der Waals surface area contributed by atoms with Crippen LogP contribution in [0.4, 0.5) is 10.2 Å². The minimum Gasteiger partial charge on any atom is -0.388 e. The number of hydrogen-bond acceptors (Lipinski definition) is 5. The fourth-order valence-corrected chi connectivity index (χ4v) is 3.11. The van der Waals surface area contributed by atoms with Crippen LogP contribution in [0.5, 0.6) is 0 Å². The normalized spacial score (nSPS) is 27.5. The van der Waals surface area contributed by atoms with E-state index < -0.39 is 17.0 Å². The van der Waals surface area contributed by atoms with E-state index in [0.717, 1.165) is 6.08 Å². The predicted octanol–water partition coefficient (Wildman–Crippen LogP) is 1.82. The molecule has 132 valence electrons. The van der Waals surface area contributed by atoms with Crippen molar-refractivity contribution in [1.29, 1.82) is 0 Å². The van der Waals surface area contributed by atoms with Crippen molar-refractivity contribution < 1.29 is 14.3 Å². The second-order valence-corrected chi connectivity index (χ2v) is 6.77. The summed E-state index contributed by atoms with van der Waals surface area (Å²) in [6, 6.07) is 1.67. The van der Waals surface area contributed by atoms with Gasteiger partial charge in [0.25, 0.3) is 5.91 Å². The Hall–Kier alpha value is -2.74. The molecule has 0 saturated carbocycles. The van der Waals surface area contributed by atoms with E-state index in [1.54, 1.807) is 26.1 Å². The van der Waals surface area contributed by atoms with Crippen molar-refractivity contribution in [3.8, 4) is 0 Å². The van der Waals surface area contributed by atoms with Crippen molar-refractivity contribution >= 4 is 17.4 Å². The van der Waals surface area contributed by atoms with Crippen molar-refractivity contribution in [3.05, 3.63) is 48.6 Å². The Balaban J connectivity index is 2.13. The lowest BCUT2D eigenvalue weighted by Crippen LogP contribution is -2.48. The number of fused-ring (bicyclic) bond motifs is 1. The van der Waals surface area contributed by atoms with Crippen LogP contribution in [0.1, 0.15) is 30.6 Å². The third-order valence-electron chi connectivity index (χ3n) is 4.06. The number of nitrogens with zero attached hydrogens (tertiary/aromatic N) is 3. The molecule has 3 heterocycles. The van der Waals surface area contributed by atoms with Crippen LogP contribution in [-0.4, -0.2) is 43.3 Å². The smallest absolute Gasteiger partial charge is 0.256 e. The van der Waals surface area contributed by atoms with E-state index in [0.29, 0.717) is 17.0 Å². The Bertz CT molecular complexity index is 873. The molecule has 2 aromatic rings. The van der Waals surface area contributed by atoms with Gasteiger partial charge in [-0.2, -0.15) is 5.10 Å². The molecular weight excluding hydrogens is 325 g/mol. The molecule has 0 aromatic carbocycles. The van der Waals surface area contributed by atoms with Crippen LogP contribution < -0.4 is 10.6 Å². The van der Waals surface area contributed by atoms with Gasteiger partial charge >= 0.3 is 0 Å². The van der Waals surface area contributed by atoms with Gasteiger partial charge in [-0.1, -0.05) is 6.58 Å². The number of carbonyl (C=O) groups excluding carboxylic acids is 1. The van der Waals surface area contributed by atoms with E-state index in [1.165, 1.54) is 16.8 Å². The van der Waals surface area contributed by atoms with Crippen LogP contribution in [-0.2, 0) is 0 Å². The Labute approximate surface area is 144 Å². The SMILES string of the molecule is C=C/C(F)=C\C1(C)C[C@@](C)(O)CNC(=O)c2cnn3ccc(nc23)N1. The number of allylic oxidation sites excluding steroid dienone is 2. The number of aromatic nitrogens is 3. The lowest BCUT2D eigenvalue weighted by Gasteiger charge is -2.35. The quantitative estimate of drug-likeness (QED) is 0.722. The second kappa shape index (κ2) is 5.96. The number of aliphatic hydroxyl groups is 1. The van der Waals surface area contributed by atoms with Gasteiger partial charge in [-0.3, -0.25) is 4.79 Å². The molecule has 2 atom stereocenters. The fraction of sp³-hybridized carbons (Fsp3) is 0.353. The van der Waals surface area contributed by atoms with Crippen LogP contribution >= 0.6 is 0 Å². The Morgan fingerprint density at radius 3 is 3.00 bits per heavy atom. The lowest BCUT2D eigenvalue weighted by atomic mass is 9.85. The van der Waals surface area contributed by atoms with Crippen LogP contribution in [0.2, 0.25) is 0 Å². The van der Waals surface area contributed by atoms with Crippen LogP contribution in [0.15, 0.2) is 43.0 Å². The van der Waals surface area contributed by atoms with Crippen molar-refractivity contribution in [2.24, 2.45) is 0 Å². The second-order valence-electron chi connectivity index (χ2n) is 6.77. The number of halogens is 1. The first-order valence-corrected chi connectivity index (χ1v) is 7.85. The topological polar surface area (TPSA) is 91.5 Å². The van der Waals surface area contributed by atoms with Gasteiger partial charge in [0.1, 0.15) is 17.2 Å². The van der Waals surface area contributed by atoms with E-state index >= 15 is 0 Å². The summed E-state index contributed by atoms with van der Waals surface area (Å²) in [5.74, 6) is -0.456. The maximum atomic E-state index is 13.9. The van der Waals surface area contributed by atoms with Crippen molar-refractivity contribution in [3.63, 3.8) is 0 Å². The maximum absolute atomic E-state index is 13.9. The largest absolute Gasteiger partial charge is 0.388 e. The third-order valence-corrected chi connectivity index (χ3v) is 4.06. The van der Waals surface area contributed by atoms with E-state index in [4.69, 9.17) is 0 Å². The van der Waals surface area contributed by atoms with Crippen LogP contribution in [0.3, 0.4) is 0 Å². The van der Waals surface area contributed by atoms with Gasteiger partial charge in [-0.25, -0.2) is 13.9 Å². The molecule has 1 aliphatic heterocycles. The van der Waals surface area contributed by atoms with E-state index in [-0.39, 0.29) is 18.9 Å². The number of rotatable bonds is 2. The first-order valence-electron chi connectivity index (χ1n) is 7.85. The lowest BCUT2D eigenvalue weighted by molar-refractivity contribution is 0.0376. The number of carbonyl (C=O) groups is 1. The Kier molecular flexibility index (Phi) is 4.08. The molecule has 0 radical (unpaired) electrons.